The van der Waals surface area contributed by atoms with E-state index >= 15 is 0 Å². The average molecular weight is 255 g/mol. The first kappa shape index (κ1) is 11.4. The molecular formula is C15H13NOS. The van der Waals surface area contributed by atoms with Gasteiger partial charge >= 0.3 is 0 Å². The summed E-state index contributed by atoms with van der Waals surface area (Å²) in [6.07, 6.45) is 0.0940. The van der Waals surface area contributed by atoms with Gasteiger partial charge in [-0.05, 0) is 23.6 Å². The lowest BCUT2D eigenvalue weighted by molar-refractivity contribution is 0.175. The van der Waals surface area contributed by atoms with E-state index in [2.05, 4.69) is 4.98 Å². The van der Waals surface area contributed by atoms with Crippen LogP contribution in [0, 0.1) is 0 Å². The minimum Gasteiger partial charge on any atom is -0.386 e. The Labute approximate surface area is 110 Å². The van der Waals surface area contributed by atoms with E-state index in [9.17, 15) is 5.11 Å². The first-order valence-corrected chi connectivity index (χ1v) is 6.77. The van der Waals surface area contributed by atoms with Crippen molar-refractivity contribution in [2.75, 3.05) is 0 Å². The molecule has 0 fully saturated rings. The van der Waals surface area contributed by atoms with E-state index < -0.39 is 6.10 Å². The standard InChI is InChI=1S/C15H13NOS/c17-15(10-12-5-3-9-18-12)14-8-7-11-4-1-2-6-13(11)16-14/h1-9,15,17H,10H2. The molecule has 3 aromatic rings. The van der Waals surface area contributed by atoms with Crippen LogP contribution in [0.2, 0.25) is 0 Å². The second kappa shape index (κ2) is 4.88. The van der Waals surface area contributed by atoms with Gasteiger partial charge in [-0.15, -0.1) is 11.3 Å². The van der Waals surface area contributed by atoms with E-state index in [4.69, 9.17) is 0 Å². The number of aromatic nitrogens is 1. The summed E-state index contributed by atoms with van der Waals surface area (Å²) in [7, 11) is 0. The van der Waals surface area contributed by atoms with Crippen molar-refractivity contribution in [2.24, 2.45) is 0 Å². The summed E-state index contributed by atoms with van der Waals surface area (Å²) in [6.45, 7) is 0. The molecule has 1 unspecified atom stereocenters. The van der Waals surface area contributed by atoms with E-state index in [1.165, 1.54) is 4.88 Å². The lowest BCUT2D eigenvalue weighted by Gasteiger charge is -2.09. The molecule has 0 aliphatic heterocycles. The first-order chi connectivity index (χ1) is 8.83. The third-order valence-corrected chi connectivity index (χ3v) is 3.83. The number of pyridine rings is 1. The predicted octanol–water partition coefficient (Wildman–Crippen LogP) is 3.57. The minimum absolute atomic E-state index is 0.534. The quantitative estimate of drug-likeness (QED) is 0.776. The van der Waals surface area contributed by atoms with Crippen LogP contribution < -0.4 is 0 Å². The molecule has 2 nitrogen and oxygen atoms in total. The number of hydrogen-bond donors (Lipinski definition) is 1. The molecule has 0 bridgehead atoms. The molecule has 0 amide bonds. The number of thiophene rings is 1. The van der Waals surface area contributed by atoms with Gasteiger partial charge in [-0.3, -0.25) is 4.98 Å². The van der Waals surface area contributed by atoms with Crippen LogP contribution in [0.5, 0.6) is 0 Å². The normalized spacial score (nSPS) is 12.7. The van der Waals surface area contributed by atoms with Crippen LogP contribution in [0.15, 0.2) is 53.9 Å². The molecule has 0 aliphatic carbocycles. The predicted molar refractivity (Wildman–Crippen MR) is 74.7 cm³/mol. The average Bonchev–Trinajstić information content (AvgIpc) is 2.91. The topological polar surface area (TPSA) is 33.1 Å². The van der Waals surface area contributed by atoms with Crippen LogP contribution in [-0.4, -0.2) is 10.1 Å². The Bertz CT molecular complexity index is 648. The Morgan fingerprint density at radius 2 is 1.94 bits per heavy atom. The Balaban J connectivity index is 1.89. The van der Waals surface area contributed by atoms with Crippen molar-refractivity contribution < 1.29 is 5.11 Å². The maximum atomic E-state index is 10.2. The van der Waals surface area contributed by atoms with Crippen LogP contribution in [0.25, 0.3) is 10.9 Å². The Hall–Kier alpha value is -1.71. The van der Waals surface area contributed by atoms with E-state index in [-0.39, 0.29) is 0 Å². The zero-order valence-electron chi connectivity index (χ0n) is 9.78. The molecule has 2 aromatic heterocycles. The number of aliphatic hydroxyl groups is 1. The SMILES string of the molecule is OC(Cc1cccs1)c1ccc2ccccc2n1. The van der Waals surface area contributed by atoms with Crippen molar-refractivity contribution in [1.29, 1.82) is 0 Å². The van der Waals surface area contributed by atoms with Crippen molar-refractivity contribution in [2.45, 2.75) is 12.5 Å². The van der Waals surface area contributed by atoms with Crippen molar-refractivity contribution in [1.82, 2.24) is 4.98 Å². The molecule has 0 saturated heterocycles. The molecule has 90 valence electrons. The molecular weight excluding hydrogens is 242 g/mol. The third-order valence-electron chi connectivity index (χ3n) is 2.94. The van der Waals surface area contributed by atoms with Gasteiger partial charge < -0.3 is 5.11 Å². The maximum Gasteiger partial charge on any atom is 0.101 e. The third kappa shape index (κ3) is 2.28. The number of fused-ring (bicyclic) bond motifs is 1. The summed E-state index contributed by atoms with van der Waals surface area (Å²) in [5.41, 5.74) is 1.67. The number of para-hydroxylation sites is 1. The molecule has 0 saturated carbocycles. The maximum absolute atomic E-state index is 10.2. The van der Waals surface area contributed by atoms with E-state index in [0.717, 1.165) is 16.6 Å². The Morgan fingerprint density at radius 1 is 1.06 bits per heavy atom. The number of nitrogens with zero attached hydrogens (tertiary/aromatic N) is 1. The molecule has 0 spiro atoms. The molecule has 1 atom stereocenters. The summed E-state index contributed by atoms with van der Waals surface area (Å²) in [4.78, 5) is 5.69. The summed E-state index contributed by atoms with van der Waals surface area (Å²) in [5, 5.41) is 13.3. The number of hydrogen-bond acceptors (Lipinski definition) is 3. The fourth-order valence-corrected chi connectivity index (χ4v) is 2.73. The lowest BCUT2D eigenvalue weighted by atomic mass is 10.1. The van der Waals surface area contributed by atoms with Crippen LogP contribution in [0.1, 0.15) is 16.7 Å². The molecule has 3 heteroatoms. The Morgan fingerprint density at radius 3 is 2.78 bits per heavy atom. The first-order valence-electron chi connectivity index (χ1n) is 5.89. The minimum atomic E-state index is -0.534. The van der Waals surface area contributed by atoms with Gasteiger partial charge in [0.15, 0.2) is 0 Å². The van der Waals surface area contributed by atoms with Gasteiger partial charge in [0.05, 0.1) is 11.2 Å². The van der Waals surface area contributed by atoms with Gasteiger partial charge in [0.2, 0.25) is 0 Å². The van der Waals surface area contributed by atoms with Crippen LogP contribution >= 0.6 is 11.3 Å². The summed E-state index contributed by atoms with van der Waals surface area (Å²) in [5.74, 6) is 0. The number of aliphatic hydroxyl groups excluding tert-OH is 1. The number of benzene rings is 1. The second-order valence-corrected chi connectivity index (χ2v) is 5.26. The van der Waals surface area contributed by atoms with E-state index in [0.29, 0.717) is 6.42 Å². The molecule has 3 rings (SSSR count). The molecule has 1 aromatic carbocycles. The fraction of sp³-hybridized carbons (Fsp3) is 0.133. The van der Waals surface area contributed by atoms with Gasteiger partial charge in [-0.1, -0.05) is 30.3 Å². The smallest absolute Gasteiger partial charge is 0.101 e. The van der Waals surface area contributed by atoms with E-state index in [1.807, 2.05) is 53.9 Å². The fourth-order valence-electron chi connectivity index (χ4n) is 1.99. The molecule has 2 heterocycles. The second-order valence-electron chi connectivity index (χ2n) is 4.23. The molecule has 18 heavy (non-hydrogen) atoms. The van der Waals surface area contributed by atoms with Crippen molar-refractivity contribution in [3.05, 3.63) is 64.5 Å². The Kier molecular flexibility index (Phi) is 3.09. The van der Waals surface area contributed by atoms with Gasteiger partial charge in [0, 0.05) is 16.7 Å². The van der Waals surface area contributed by atoms with Crippen molar-refractivity contribution in [3.63, 3.8) is 0 Å². The highest BCUT2D eigenvalue weighted by Crippen LogP contribution is 2.21. The zero-order valence-corrected chi connectivity index (χ0v) is 10.6. The highest BCUT2D eigenvalue weighted by Gasteiger charge is 2.11. The van der Waals surface area contributed by atoms with E-state index in [1.54, 1.807) is 11.3 Å². The molecule has 0 aliphatic rings. The number of rotatable bonds is 3. The molecule has 1 N–H and O–H groups in total. The summed E-state index contributed by atoms with van der Waals surface area (Å²) in [6, 6.07) is 15.9. The van der Waals surface area contributed by atoms with Crippen LogP contribution in [0.4, 0.5) is 0 Å². The lowest BCUT2D eigenvalue weighted by Crippen LogP contribution is -2.03. The monoisotopic (exact) mass is 255 g/mol. The zero-order chi connectivity index (χ0) is 12.4. The van der Waals surface area contributed by atoms with Gasteiger partial charge in [0.25, 0.3) is 0 Å². The van der Waals surface area contributed by atoms with Crippen molar-refractivity contribution >= 4 is 22.2 Å². The van der Waals surface area contributed by atoms with Crippen LogP contribution in [0.3, 0.4) is 0 Å². The highest BCUT2D eigenvalue weighted by molar-refractivity contribution is 7.09. The van der Waals surface area contributed by atoms with Crippen LogP contribution in [-0.2, 0) is 6.42 Å². The largest absolute Gasteiger partial charge is 0.386 e. The summed E-state index contributed by atoms with van der Waals surface area (Å²) < 4.78 is 0. The van der Waals surface area contributed by atoms with Crippen molar-refractivity contribution in [3.8, 4) is 0 Å². The van der Waals surface area contributed by atoms with Gasteiger partial charge in [-0.2, -0.15) is 0 Å². The highest BCUT2D eigenvalue weighted by atomic mass is 32.1. The molecule has 0 radical (unpaired) electrons. The van der Waals surface area contributed by atoms with Gasteiger partial charge in [-0.25, -0.2) is 0 Å². The van der Waals surface area contributed by atoms with Gasteiger partial charge in [0.1, 0.15) is 6.10 Å². The summed E-state index contributed by atoms with van der Waals surface area (Å²) >= 11 is 1.66.